The van der Waals surface area contributed by atoms with E-state index in [-0.39, 0.29) is 30.5 Å². The van der Waals surface area contributed by atoms with Crippen LogP contribution in [-0.4, -0.2) is 23.7 Å². The highest BCUT2D eigenvalue weighted by Crippen LogP contribution is 2.35. The molecule has 44 heavy (non-hydrogen) atoms. The van der Waals surface area contributed by atoms with Crippen LogP contribution in [0.2, 0.25) is 0 Å². The van der Waals surface area contributed by atoms with Crippen LogP contribution >= 0.6 is 0 Å². The Labute approximate surface area is 255 Å². The third kappa shape index (κ3) is 6.44. The van der Waals surface area contributed by atoms with Crippen molar-refractivity contribution in [2.24, 2.45) is 0 Å². The Morgan fingerprint density at radius 2 is 1.61 bits per heavy atom. The number of ketones is 1. The molecule has 0 saturated carbocycles. The molecule has 1 aliphatic carbocycles. The number of carbonyl (C=O) groups is 2. The van der Waals surface area contributed by atoms with Crippen molar-refractivity contribution in [1.29, 1.82) is 0 Å². The van der Waals surface area contributed by atoms with E-state index in [4.69, 9.17) is 9.15 Å². The lowest BCUT2D eigenvalue weighted by Crippen LogP contribution is -2.31. The minimum Gasteiger partial charge on any atom is -0.496 e. The van der Waals surface area contributed by atoms with Gasteiger partial charge in [0, 0.05) is 12.0 Å². The van der Waals surface area contributed by atoms with E-state index >= 15 is 0 Å². The van der Waals surface area contributed by atoms with Gasteiger partial charge in [0.2, 0.25) is 5.76 Å². The average Bonchev–Trinajstić information content (AvgIpc) is 3.49. The van der Waals surface area contributed by atoms with Gasteiger partial charge in [-0.25, -0.2) is 0 Å². The topological polar surface area (TPSA) is 59.8 Å². The van der Waals surface area contributed by atoms with E-state index in [1.807, 2.05) is 68.4 Å². The standard InChI is InChI=1S/C36H36F3NO4/c1-23(41)35(2,3)28-10-7-9-27(20-28)25-14-12-24(13-15-25)21-40(22-29-17-19-32(44-29)36(37,38)39)34(42)33-30-11-6-5-8-26(30)16-18-31(33)43-4/h7,9-10,12-20H,5-6,8,11,21-22H2,1-4H3. The first kappa shape index (κ1) is 31.1. The second-order valence-corrected chi connectivity index (χ2v) is 11.9. The predicted molar refractivity (Wildman–Crippen MR) is 163 cm³/mol. The molecule has 0 unspecified atom stereocenters. The van der Waals surface area contributed by atoms with Crippen molar-refractivity contribution >= 4 is 11.7 Å². The number of carbonyl (C=O) groups excluding carboxylic acids is 2. The number of furan rings is 1. The number of nitrogens with zero attached hydrogens (tertiary/aromatic N) is 1. The minimum absolute atomic E-state index is 0.0379. The van der Waals surface area contributed by atoms with Gasteiger partial charge in [-0.3, -0.25) is 9.59 Å². The number of amides is 1. The molecule has 0 N–H and O–H groups in total. The maximum Gasteiger partial charge on any atom is 0.449 e. The lowest BCUT2D eigenvalue weighted by atomic mass is 9.80. The number of fused-ring (bicyclic) bond motifs is 1. The maximum atomic E-state index is 14.2. The average molecular weight is 604 g/mol. The smallest absolute Gasteiger partial charge is 0.449 e. The Bertz CT molecular complexity index is 1670. The van der Waals surface area contributed by atoms with E-state index in [2.05, 4.69) is 0 Å². The second-order valence-electron chi connectivity index (χ2n) is 11.9. The van der Waals surface area contributed by atoms with Crippen LogP contribution in [0.25, 0.3) is 11.1 Å². The third-order valence-corrected chi connectivity index (χ3v) is 8.63. The van der Waals surface area contributed by atoms with Gasteiger partial charge in [0.25, 0.3) is 5.91 Å². The van der Waals surface area contributed by atoms with Gasteiger partial charge in [0.15, 0.2) is 0 Å². The number of ether oxygens (including phenoxy) is 1. The van der Waals surface area contributed by atoms with Crippen molar-refractivity contribution in [3.63, 3.8) is 0 Å². The molecule has 1 aromatic heterocycles. The molecule has 0 aliphatic heterocycles. The number of methoxy groups -OCH3 is 1. The lowest BCUT2D eigenvalue weighted by molar-refractivity contribution is -0.153. The zero-order chi connectivity index (χ0) is 31.6. The number of hydrogen-bond donors (Lipinski definition) is 0. The van der Waals surface area contributed by atoms with E-state index in [1.165, 1.54) is 18.1 Å². The van der Waals surface area contributed by atoms with Crippen molar-refractivity contribution in [2.75, 3.05) is 7.11 Å². The highest BCUT2D eigenvalue weighted by molar-refractivity contribution is 5.99. The van der Waals surface area contributed by atoms with Gasteiger partial charge >= 0.3 is 6.18 Å². The number of benzene rings is 3. The van der Waals surface area contributed by atoms with Gasteiger partial charge in [-0.05, 0) is 98.0 Å². The molecule has 0 atom stereocenters. The Kier molecular flexibility index (Phi) is 8.73. The zero-order valence-electron chi connectivity index (χ0n) is 25.4. The van der Waals surface area contributed by atoms with Gasteiger partial charge in [-0.1, -0.05) is 54.6 Å². The van der Waals surface area contributed by atoms with Crippen molar-refractivity contribution in [2.45, 2.75) is 71.1 Å². The summed E-state index contributed by atoms with van der Waals surface area (Å²) in [5.74, 6) is -0.872. The van der Waals surface area contributed by atoms with Crippen molar-refractivity contribution < 1.29 is 31.9 Å². The van der Waals surface area contributed by atoms with Crippen LogP contribution in [0.3, 0.4) is 0 Å². The predicted octanol–water partition coefficient (Wildman–Crippen LogP) is 8.56. The molecule has 0 spiro atoms. The number of aryl methyl sites for hydroxylation is 1. The molecule has 0 saturated heterocycles. The van der Waals surface area contributed by atoms with E-state index in [0.717, 1.165) is 65.1 Å². The highest BCUT2D eigenvalue weighted by Gasteiger charge is 2.35. The Morgan fingerprint density at radius 1 is 0.886 bits per heavy atom. The summed E-state index contributed by atoms with van der Waals surface area (Å²) in [4.78, 5) is 28.0. The van der Waals surface area contributed by atoms with E-state index in [0.29, 0.717) is 11.3 Å². The molecule has 1 aliphatic rings. The van der Waals surface area contributed by atoms with Gasteiger partial charge in [0.1, 0.15) is 17.3 Å². The molecule has 8 heteroatoms. The summed E-state index contributed by atoms with van der Waals surface area (Å²) in [6, 6.07) is 21.5. The normalized spacial score (nSPS) is 13.3. The molecular weight excluding hydrogens is 567 g/mol. The number of hydrogen-bond acceptors (Lipinski definition) is 4. The number of alkyl halides is 3. The van der Waals surface area contributed by atoms with Crippen LogP contribution in [0.5, 0.6) is 5.75 Å². The first-order chi connectivity index (χ1) is 20.9. The number of halogens is 3. The van der Waals surface area contributed by atoms with Gasteiger partial charge < -0.3 is 14.1 Å². The van der Waals surface area contributed by atoms with Crippen molar-refractivity contribution in [3.05, 3.63) is 112 Å². The maximum absolute atomic E-state index is 14.2. The van der Waals surface area contributed by atoms with E-state index in [1.54, 1.807) is 13.0 Å². The van der Waals surface area contributed by atoms with Gasteiger partial charge in [-0.15, -0.1) is 0 Å². The molecule has 0 fully saturated rings. The quantitative estimate of drug-likeness (QED) is 0.192. The molecule has 3 aromatic carbocycles. The van der Waals surface area contributed by atoms with Crippen LogP contribution in [-0.2, 0) is 42.3 Å². The molecule has 1 amide bonds. The summed E-state index contributed by atoms with van der Waals surface area (Å²) in [7, 11) is 1.51. The first-order valence-corrected chi connectivity index (χ1v) is 14.7. The Morgan fingerprint density at radius 3 is 2.27 bits per heavy atom. The fourth-order valence-electron chi connectivity index (χ4n) is 5.69. The molecule has 5 rings (SSSR count). The Hall–Kier alpha value is -4.33. The number of Topliss-reactive ketones (excluding diaryl/α,β-unsaturated/α-hetero) is 1. The van der Waals surface area contributed by atoms with Gasteiger partial charge in [0.05, 0.1) is 19.2 Å². The summed E-state index contributed by atoms with van der Waals surface area (Å²) in [5, 5.41) is 0. The first-order valence-electron chi connectivity index (χ1n) is 14.7. The van der Waals surface area contributed by atoms with Gasteiger partial charge in [-0.2, -0.15) is 13.2 Å². The second kappa shape index (κ2) is 12.3. The third-order valence-electron chi connectivity index (χ3n) is 8.63. The molecular formula is C36H36F3NO4. The highest BCUT2D eigenvalue weighted by atomic mass is 19.4. The van der Waals surface area contributed by atoms with Crippen LogP contribution in [0.4, 0.5) is 13.2 Å². The molecule has 5 nitrogen and oxygen atoms in total. The van der Waals surface area contributed by atoms with E-state index < -0.39 is 17.4 Å². The summed E-state index contributed by atoms with van der Waals surface area (Å²) in [6.07, 6.45) is -1.06. The molecule has 0 bridgehead atoms. The Balaban J connectivity index is 1.47. The molecule has 4 aromatic rings. The van der Waals surface area contributed by atoms with Crippen LogP contribution in [0, 0.1) is 0 Å². The monoisotopic (exact) mass is 603 g/mol. The minimum atomic E-state index is -4.62. The summed E-state index contributed by atoms with van der Waals surface area (Å²) in [5.41, 5.74) is 5.47. The SMILES string of the molecule is COc1ccc2c(c1C(=O)N(Cc1ccc(-c3cccc(C(C)(C)C(C)=O)c3)cc1)Cc1ccc(C(F)(F)F)o1)CCCC2. The fourth-order valence-corrected chi connectivity index (χ4v) is 5.69. The van der Waals surface area contributed by atoms with Crippen LogP contribution in [0.1, 0.15) is 77.7 Å². The largest absolute Gasteiger partial charge is 0.496 e. The molecule has 230 valence electrons. The summed E-state index contributed by atoms with van der Waals surface area (Å²) >= 11 is 0. The van der Waals surface area contributed by atoms with Crippen molar-refractivity contribution in [3.8, 4) is 16.9 Å². The molecule has 0 radical (unpaired) electrons. The molecule has 1 heterocycles. The lowest BCUT2D eigenvalue weighted by Gasteiger charge is -2.27. The summed E-state index contributed by atoms with van der Waals surface area (Å²) < 4.78 is 50.6. The zero-order valence-corrected chi connectivity index (χ0v) is 25.4. The van der Waals surface area contributed by atoms with E-state index in [9.17, 15) is 22.8 Å². The number of rotatable bonds is 9. The van der Waals surface area contributed by atoms with Crippen LogP contribution < -0.4 is 4.74 Å². The van der Waals surface area contributed by atoms with Crippen LogP contribution in [0.15, 0.2) is 77.2 Å². The van der Waals surface area contributed by atoms with Crippen molar-refractivity contribution in [1.82, 2.24) is 4.90 Å². The fraction of sp³-hybridized carbons (Fsp3) is 0.333. The summed E-state index contributed by atoms with van der Waals surface area (Å²) in [6.45, 7) is 5.39.